The highest BCUT2D eigenvalue weighted by atomic mass is 79.9. The van der Waals surface area contributed by atoms with Crippen molar-refractivity contribution in [3.05, 3.63) is 76.8 Å². The van der Waals surface area contributed by atoms with Crippen LogP contribution < -0.4 is 9.73 Å². The summed E-state index contributed by atoms with van der Waals surface area (Å²) in [6.45, 7) is -0.368. The predicted octanol–water partition coefficient (Wildman–Crippen LogP) is 3.52. The van der Waals surface area contributed by atoms with Crippen LogP contribution in [0.15, 0.2) is 76.3 Å². The largest absolute Gasteiger partial charge is 0.271 e. The number of amides is 1. The maximum atomic E-state index is 12.3. The third-order valence-electron chi connectivity index (χ3n) is 4.02. The Labute approximate surface area is 172 Å². The number of hydrogen-bond donors (Lipinski definition) is 1. The van der Waals surface area contributed by atoms with Crippen molar-refractivity contribution in [2.45, 2.75) is 0 Å². The molecule has 28 heavy (non-hydrogen) atoms. The van der Waals surface area contributed by atoms with Crippen molar-refractivity contribution in [2.75, 3.05) is 17.1 Å². The van der Waals surface area contributed by atoms with Crippen LogP contribution in [-0.4, -0.2) is 33.3 Å². The van der Waals surface area contributed by atoms with Crippen LogP contribution in [0.4, 0.5) is 5.69 Å². The Morgan fingerprint density at radius 3 is 2.46 bits per heavy atom. The fourth-order valence-electron chi connectivity index (χ4n) is 2.71. The van der Waals surface area contributed by atoms with Crippen molar-refractivity contribution in [1.29, 1.82) is 0 Å². The summed E-state index contributed by atoms with van der Waals surface area (Å²) in [5.41, 5.74) is 3.65. The molecule has 0 aliphatic rings. The van der Waals surface area contributed by atoms with Crippen molar-refractivity contribution in [1.82, 2.24) is 5.43 Å². The Balaban J connectivity index is 1.73. The summed E-state index contributed by atoms with van der Waals surface area (Å²) in [5, 5.41) is 6.06. The van der Waals surface area contributed by atoms with Crippen LogP contribution in [0.1, 0.15) is 5.56 Å². The lowest BCUT2D eigenvalue weighted by Gasteiger charge is -2.21. The maximum absolute atomic E-state index is 12.3. The Morgan fingerprint density at radius 1 is 1.07 bits per heavy atom. The molecule has 0 fully saturated rings. The van der Waals surface area contributed by atoms with Crippen LogP contribution in [0.2, 0.25) is 0 Å². The number of rotatable bonds is 6. The van der Waals surface area contributed by atoms with Crippen molar-refractivity contribution in [2.24, 2.45) is 5.10 Å². The van der Waals surface area contributed by atoms with Gasteiger partial charge in [-0.2, -0.15) is 5.10 Å². The molecule has 144 valence electrons. The molecule has 8 heteroatoms. The summed E-state index contributed by atoms with van der Waals surface area (Å²) in [5.74, 6) is -0.537. The van der Waals surface area contributed by atoms with Gasteiger partial charge in [0.05, 0.1) is 18.2 Å². The molecule has 1 amide bonds. The highest BCUT2D eigenvalue weighted by molar-refractivity contribution is 9.10. The summed E-state index contributed by atoms with van der Waals surface area (Å²) in [6, 6.07) is 20.3. The number of nitrogens with zero attached hydrogens (tertiary/aromatic N) is 2. The second kappa shape index (κ2) is 8.53. The van der Waals surface area contributed by atoms with Gasteiger partial charge in [0.25, 0.3) is 5.91 Å². The standard InChI is InChI=1S/C20H18BrN3O3S/c1-28(26,27)24(18-11-9-17(21)10-12-18)14-20(25)23-22-13-16-7-4-6-15-5-2-3-8-19(15)16/h2-13H,14H2,1H3,(H,23,25)/b22-13-. The fraction of sp³-hybridized carbons (Fsp3) is 0.100. The monoisotopic (exact) mass is 459 g/mol. The predicted molar refractivity (Wildman–Crippen MR) is 116 cm³/mol. The Hall–Kier alpha value is -2.71. The number of halogens is 1. The SMILES string of the molecule is CS(=O)(=O)N(CC(=O)N/N=C\c1cccc2ccccc12)c1ccc(Br)cc1. The van der Waals surface area contributed by atoms with Crippen LogP contribution in [-0.2, 0) is 14.8 Å². The summed E-state index contributed by atoms with van der Waals surface area (Å²) in [7, 11) is -3.63. The first-order chi connectivity index (χ1) is 13.3. The van der Waals surface area contributed by atoms with Gasteiger partial charge >= 0.3 is 0 Å². The van der Waals surface area contributed by atoms with Gasteiger partial charge in [0.15, 0.2) is 0 Å². The third-order valence-corrected chi connectivity index (χ3v) is 5.69. The topological polar surface area (TPSA) is 78.8 Å². The molecule has 1 N–H and O–H groups in total. The normalized spacial score (nSPS) is 11.6. The summed E-state index contributed by atoms with van der Waals surface area (Å²) < 4.78 is 26.0. The lowest BCUT2D eigenvalue weighted by molar-refractivity contribution is -0.119. The first-order valence-corrected chi connectivity index (χ1v) is 11.0. The van der Waals surface area contributed by atoms with E-state index >= 15 is 0 Å². The van der Waals surface area contributed by atoms with E-state index in [1.807, 2.05) is 42.5 Å². The second-order valence-electron chi connectivity index (χ2n) is 6.11. The van der Waals surface area contributed by atoms with E-state index in [1.165, 1.54) is 0 Å². The van der Waals surface area contributed by atoms with E-state index in [-0.39, 0.29) is 6.54 Å². The Morgan fingerprint density at radius 2 is 1.75 bits per heavy atom. The number of carbonyl (C=O) groups excluding carboxylic acids is 1. The fourth-order valence-corrected chi connectivity index (χ4v) is 3.83. The second-order valence-corrected chi connectivity index (χ2v) is 8.93. The van der Waals surface area contributed by atoms with E-state index in [0.717, 1.165) is 31.4 Å². The quantitative estimate of drug-likeness (QED) is 0.452. The highest BCUT2D eigenvalue weighted by Gasteiger charge is 2.20. The van der Waals surface area contributed by atoms with Gasteiger partial charge in [-0.1, -0.05) is 58.4 Å². The zero-order valence-corrected chi connectivity index (χ0v) is 17.4. The van der Waals surface area contributed by atoms with E-state index in [1.54, 1.807) is 30.5 Å². The van der Waals surface area contributed by atoms with E-state index in [4.69, 9.17) is 0 Å². The number of benzene rings is 3. The van der Waals surface area contributed by atoms with E-state index in [2.05, 4.69) is 26.5 Å². The van der Waals surface area contributed by atoms with Crippen molar-refractivity contribution in [3.8, 4) is 0 Å². The summed E-state index contributed by atoms with van der Waals surface area (Å²) in [4.78, 5) is 12.3. The maximum Gasteiger partial charge on any atom is 0.260 e. The first-order valence-electron chi connectivity index (χ1n) is 8.37. The van der Waals surface area contributed by atoms with Crippen molar-refractivity contribution < 1.29 is 13.2 Å². The number of anilines is 1. The molecule has 6 nitrogen and oxygen atoms in total. The molecular formula is C20H18BrN3O3S. The molecule has 0 saturated heterocycles. The average molecular weight is 460 g/mol. The molecule has 0 saturated carbocycles. The molecule has 3 rings (SSSR count). The minimum atomic E-state index is -3.63. The van der Waals surface area contributed by atoms with E-state index < -0.39 is 15.9 Å². The molecule has 3 aromatic carbocycles. The van der Waals surface area contributed by atoms with Gasteiger partial charge in [-0.15, -0.1) is 0 Å². The zero-order chi connectivity index (χ0) is 20.1. The molecule has 0 unspecified atom stereocenters. The molecule has 0 radical (unpaired) electrons. The molecule has 0 atom stereocenters. The van der Waals surface area contributed by atoms with Crippen molar-refractivity contribution in [3.63, 3.8) is 0 Å². The minimum Gasteiger partial charge on any atom is -0.271 e. The summed E-state index contributed by atoms with van der Waals surface area (Å²) >= 11 is 3.30. The number of fused-ring (bicyclic) bond motifs is 1. The number of hydrazone groups is 1. The Kier molecular flexibility index (Phi) is 6.11. The number of sulfonamides is 1. The zero-order valence-electron chi connectivity index (χ0n) is 15.0. The van der Waals surface area contributed by atoms with Crippen LogP contribution in [0.3, 0.4) is 0 Å². The molecule has 0 heterocycles. The van der Waals surface area contributed by atoms with Gasteiger partial charge in [-0.3, -0.25) is 9.10 Å². The highest BCUT2D eigenvalue weighted by Crippen LogP contribution is 2.20. The molecule has 0 bridgehead atoms. The van der Waals surface area contributed by atoms with Crippen LogP contribution in [0.25, 0.3) is 10.8 Å². The van der Waals surface area contributed by atoms with Crippen LogP contribution >= 0.6 is 15.9 Å². The average Bonchev–Trinajstić information content (AvgIpc) is 2.66. The number of hydrogen-bond acceptors (Lipinski definition) is 4. The lowest BCUT2D eigenvalue weighted by Crippen LogP contribution is -2.39. The van der Waals surface area contributed by atoms with Gasteiger partial charge in [0.2, 0.25) is 10.0 Å². The molecule has 3 aromatic rings. The third kappa shape index (κ3) is 4.96. The van der Waals surface area contributed by atoms with Crippen LogP contribution in [0, 0.1) is 0 Å². The Bertz CT molecular complexity index is 1120. The van der Waals surface area contributed by atoms with Crippen molar-refractivity contribution >= 4 is 54.5 Å². The minimum absolute atomic E-state index is 0.368. The van der Waals surface area contributed by atoms with Gasteiger partial charge in [0.1, 0.15) is 6.54 Å². The molecule has 0 aliphatic heterocycles. The molecular weight excluding hydrogens is 442 g/mol. The van der Waals surface area contributed by atoms with Gasteiger partial charge in [-0.25, -0.2) is 13.8 Å². The van der Waals surface area contributed by atoms with Gasteiger partial charge < -0.3 is 0 Å². The van der Waals surface area contributed by atoms with E-state index in [9.17, 15) is 13.2 Å². The van der Waals surface area contributed by atoms with Crippen LogP contribution in [0.5, 0.6) is 0 Å². The van der Waals surface area contributed by atoms with Gasteiger partial charge in [-0.05, 0) is 35.0 Å². The molecule has 0 aliphatic carbocycles. The smallest absolute Gasteiger partial charge is 0.260 e. The van der Waals surface area contributed by atoms with Gasteiger partial charge in [0, 0.05) is 10.0 Å². The summed E-state index contributed by atoms with van der Waals surface area (Å²) in [6.07, 6.45) is 2.60. The van der Waals surface area contributed by atoms with E-state index in [0.29, 0.717) is 5.69 Å². The first kappa shape index (κ1) is 20.0. The number of nitrogens with one attached hydrogen (secondary N) is 1. The number of carbonyl (C=O) groups is 1. The molecule has 0 aromatic heterocycles. The lowest BCUT2D eigenvalue weighted by atomic mass is 10.1. The molecule has 0 spiro atoms.